The Morgan fingerprint density at radius 1 is 0.304 bits per heavy atom. The van der Waals surface area contributed by atoms with E-state index in [4.69, 9.17) is 4.98 Å². The lowest BCUT2D eigenvalue weighted by Crippen LogP contribution is -2.36. The zero-order valence-corrected chi connectivity index (χ0v) is 37.7. The predicted octanol–water partition coefficient (Wildman–Crippen LogP) is 17.0. The first kappa shape index (κ1) is 39.1. The Balaban J connectivity index is 1.05. The third-order valence-corrected chi connectivity index (χ3v) is 14.6. The number of hydrogen-bond donors (Lipinski definition) is 0. The lowest BCUT2D eigenvalue weighted by Gasteiger charge is -2.45. The van der Waals surface area contributed by atoms with Crippen LogP contribution in [0.1, 0.15) is 22.3 Å². The molecule has 3 nitrogen and oxygen atoms in total. The van der Waals surface area contributed by atoms with Gasteiger partial charge in [0, 0.05) is 33.3 Å². The molecule has 0 saturated carbocycles. The largest absolute Gasteiger partial charge is 0.310 e. The van der Waals surface area contributed by atoms with E-state index in [1.807, 2.05) is 0 Å². The molecule has 69 heavy (non-hydrogen) atoms. The smallest absolute Gasteiger partial charge is 0.0754 e. The Bertz CT molecular complexity index is 3800. The van der Waals surface area contributed by atoms with Gasteiger partial charge >= 0.3 is 0 Å². The molecule has 3 heterocycles. The van der Waals surface area contributed by atoms with E-state index >= 15 is 0 Å². The third kappa shape index (κ3) is 5.90. The van der Waals surface area contributed by atoms with Gasteiger partial charge in [0.1, 0.15) is 0 Å². The fourth-order valence-corrected chi connectivity index (χ4v) is 11.7. The Morgan fingerprint density at radius 3 is 1.52 bits per heavy atom. The van der Waals surface area contributed by atoms with Crippen LogP contribution < -0.4 is 4.90 Å². The lowest BCUT2D eigenvalue weighted by atomic mass is 9.64. The second-order valence-electron chi connectivity index (χ2n) is 18.2. The van der Waals surface area contributed by atoms with Crippen molar-refractivity contribution in [1.29, 1.82) is 0 Å². The van der Waals surface area contributed by atoms with E-state index in [0.29, 0.717) is 0 Å². The Kier molecular flexibility index (Phi) is 8.80. The Hall–Kier alpha value is -9.05. The molecule has 2 aromatic heterocycles. The molecular weight excluding hydrogens is 835 g/mol. The highest BCUT2D eigenvalue weighted by atomic mass is 15.2. The standard InChI is InChI=1S/C66H43N3/c1-4-20-44(21-5-1)48-42-59(45-22-6-2-7-23-45)67-60(43-48)53-30-19-33-58-65(53)54-41-47(46-24-18-27-50(40-46)69-61-34-14-10-28-51(61)52-29-11-15-35-62(52)69)38-39-55(54)66(58)56-31-12-16-36-63(56)68(49-25-8-3-9-26-49)64-37-17-13-32-57(64)66/h1-43H. The Labute approximate surface area is 401 Å². The summed E-state index contributed by atoms with van der Waals surface area (Å²) in [5.41, 5.74) is 22.5. The van der Waals surface area contributed by atoms with E-state index < -0.39 is 5.41 Å². The van der Waals surface area contributed by atoms with E-state index in [9.17, 15) is 0 Å². The number of rotatable bonds is 6. The summed E-state index contributed by atoms with van der Waals surface area (Å²) in [7, 11) is 0. The van der Waals surface area contributed by atoms with Gasteiger partial charge in [-0.15, -0.1) is 0 Å². The first-order chi connectivity index (χ1) is 34.2. The molecule has 14 rings (SSSR count). The van der Waals surface area contributed by atoms with Gasteiger partial charge in [-0.1, -0.05) is 194 Å². The maximum Gasteiger partial charge on any atom is 0.0754 e. The zero-order chi connectivity index (χ0) is 45.5. The summed E-state index contributed by atoms with van der Waals surface area (Å²) in [4.78, 5) is 8.03. The number of para-hydroxylation sites is 5. The highest BCUT2D eigenvalue weighted by molar-refractivity contribution is 6.09. The minimum Gasteiger partial charge on any atom is -0.310 e. The molecule has 0 radical (unpaired) electrons. The number of benzene rings is 10. The summed E-state index contributed by atoms with van der Waals surface area (Å²) in [5.74, 6) is 0. The SMILES string of the molecule is c1ccc(-c2cc(-c3ccccc3)nc(-c3cccc4c3-c3cc(-c5cccc(-n6c7ccccc7c7ccccc76)c5)ccc3C43c4ccccc4N(c4ccccc4)c4ccccc43)c2)cc1. The molecule has 0 N–H and O–H groups in total. The second-order valence-corrected chi connectivity index (χ2v) is 18.2. The first-order valence-electron chi connectivity index (χ1n) is 23.8. The molecule has 0 bridgehead atoms. The van der Waals surface area contributed by atoms with Crippen molar-refractivity contribution >= 4 is 38.9 Å². The maximum atomic E-state index is 5.58. The average molecular weight is 878 g/mol. The number of aromatic nitrogens is 2. The molecule has 2 aliphatic rings. The number of hydrogen-bond acceptors (Lipinski definition) is 2. The maximum absolute atomic E-state index is 5.58. The monoisotopic (exact) mass is 877 g/mol. The molecule has 1 spiro atoms. The lowest BCUT2D eigenvalue weighted by molar-refractivity contribution is 0.753. The van der Waals surface area contributed by atoms with Gasteiger partial charge in [0.05, 0.1) is 39.2 Å². The molecule has 322 valence electrons. The molecule has 12 aromatic rings. The van der Waals surface area contributed by atoms with Crippen LogP contribution in [0.3, 0.4) is 0 Å². The van der Waals surface area contributed by atoms with Crippen LogP contribution in [0, 0.1) is 0 Å². The Morgan fingerprint density at radius 2 is 0.826 bits per heavy atom. The second kappa shape index (κ2) is 15.5. The van der Waals surface area contributed by atoms with Crippen molar-refractivity contribution in [2.75, 3.05) is 4.90 Å². The average Bonchev–Trinajstić information content (AvgIpc) is 3.92. The summed E-state index contributed by atoms with van der Waals surface area (Å²) in [5, 5.41) is 2.51. The van der Waals surface area contributed by atoms with Crippen LogP contribution in [0.4, 0.5) is 17.1 Å². The normalized spacial score (nSPS) is 13.0. The van der Waals surface area contributed by atoms with Crippen molar-refractivity contribution in [3.05, 3.63) is 283 Å². The first-order valence-corrected chi connectivity index (χ1v) is 23.8. The van der Waals surface area contributed by atoms with Crippen LogP contribution >= 0.6 is 0 Å². The molecule has 3 heteroatoms. The van der Waals surface area contributed by atoms with Gasteiger partial charge in [-0.2, -0.15) is 0 Å². The fourth-order valence-electron chi connectivity index (χ4n) is 11.7. The van der Waals surface area contributed by atoms with E-state index in [-0.39, 0.29) is 0 Å². The highest BCUT2D eigenvalue weighted by Gasteiger charge is 2.52. The van der Waals surface area contributed by atoms with Gasteiger partial charge in [0.25, 0.3) is 0 Å². The molecule has 0 saturated heterocycles. The van der Waals surface area contributed by atoms with Gasteiger partial charge in [-0.05, 0) is 122 Å². The summed E-state index contributed by atoms with van der Waals surface area (Å²) < 4.78 is 2.41. The summed E-state index contributed by atoms with van der Waals surface area (Å²) >= 11 is 0. The molecule has 0 atom stereocenters. The molecule has 10 aromatic carbocycles. The number of anilines is 3. The number of pyridine rings is 1. The highest BCUT2D eigenvalue weighted by Crippen LogP contribution is 2.65. The number of fused-ring (bicyclic) bond motifs is 12. The minimum atomic E-state index is -0.637. The molecule has 0 fully saturated rings. The van der Waals surface area contributed by atoms with Crippen molar-refractivity contribution < 1.29 is 0 Å². The van der Waals surface area contributed by atoms with Crippen molar-refractivity contribution in [2.45, 2.75) is 5.41 Å². The van der Waals surface area contributed by atoms with E-state index in [0.717, 1.165) is 56.1 Å². The summed E-state index contributed by atoms with van der Waals surface area (Å²) in [6.07, 6.45) is 0. The topological polar surface area (TPSA) is 21.1 Å². The quantitative estimate of drug-likeness (QED) is 0.166. The van der Waals surface area contributed by atoms with Crippen molar-refractivity contribution in [2.24, 2.45) is 0 Å². The summed E-state index contributed by atoms with van der Waals surface area (Å²) in [6.45, 7) is 0. The minimum absolute atomic E-state index is 0.637. The van der Waals surface area contributed by atoms with Crippen molar-refractivity contribution in [3.8, 4) is 61.6 Å². The van der Waals surface area contributed by atoms with E-state index in [2.05, 4.69) is 270 Å². The molecule has 1 aliphatic carbocycles. The molecule has 1 aliphatic heterocycles. The van der Waals surface area contributed by atoms with Crippen LogP contribution in [-0.4, -0.2) is 9.55 Å². The fraction of sp³-hybridized carbons (Fsp3) is 0.0152. The van der Waals surface area contributed by atoms with Crippen LogP contribution in [0.2, 0.25) is 0 Å². The predicted molar refractivity (Wildman–Crippen MR) is 286 cm³/mol. The van der Waals surface area contributed by atoms with E-state index in [1.54, 1.807) is 0 Å². The van der Waals surface area contributed by atoms with Crippen LogP contribution in [0.15, 0.2) is 261 Å². The van der Waals surface area contributed by atoms with Crippen LogP contribution in [0.25, 0.3) is 83.4 Å². The molecule has 0 amide bonds. The van der Waals surface area contributed by atoms with Gasteiger partial charge in [-0.3, -0.25) is 0 Å². The molecule has 0 unspecified atom stereocenters. The van der Waals surface area contributed by atoms with Crippen LogP contribution in [0.5, 0.6) is 0 Å². The van der Waals surface area contributed by atoms with Gasteiger partial charge in [0.2, 0.25) is 0 Å². The van der Waals surface area contributed by atoms with Gasteiger partial charge in [0.15, 0.2) is 0 Å². The number of nitrogens with zero attached hydrogens (tertiary/aromatic N) is 3. The van der Waals surface area contributed by atoms with Crippen molar-refractivity contribution in [3.63, 3.8) is 0 Å². The van der Waals surface area contributed by atoms with Gasteiger partial charge < -0.3 is 9.47 Å². The van der Waals surface area contributed by atoms with Crippen LogP contribution in [-0.2, 0) is 5.41 Å². The van der Waals surface area contributed by atoms with Gasteiger partial charge in [-0.25, -0.2) is 4.98 Å². The molecular formula is C66H43N3. The summed E-state index contributed by atoms with van der Waals surface area (Å²) in [6, 6.07) is 95.5. The zero-order valence-electron chi connectivity index (χ0n) is 37.7. The van der Waals surface area contributed by atoms with E-state index in [1.165, 1.54) is 66.6 Å². The third-order valence-electron chi connectivity index (χ3n) is 14.6. The van der Waals surface area contributed by atoms with Crippen molar-refractivity contribution in [1.82, 2.24) is 9.55 Å².